The van der Waals surface area contributed by atoms with Gasteiger partial charge in [-0.25, -0.2) is 0 Å². The highest BCUT2D eigenvalue weighted by atomic mass is 32.2. The molecule has 2 aromatic carbocycles. The zero-order chi connectivity index (χ0) is 19.8. The number of carbonyl (C=O) groups is 1. The molecular formula is C19H17N7OS. The maximum Gasteiger partial charge on any atom is 0.234 e. The second-order valence-electron chi connectivity index (χ2n) is 5.65. The number of thioether (sulfide) groups is 1. The summed E-state index contributed by atoms with van der Waals surface area (Å²) < 4.78 is 0. The minimum absolute atomic E-state index is 0.117. The highest BCUT2D eigenvalue weighted by molar-refractivity contribution is 7.99. The van der Waals surface area contributed by atoms with Crippen molar-refractivity contribution in [2.45, 2.75) is 5.75 Å². The molecular weight excluding hydrogens is 374 g/mol. The van der Waals surface area contributed by atoms with Gasteiger partial charge in [0, 0.05) is 11.4 Å². The summed E-state index contributed by atoms with van der Waals surface area (Å²) >= 11 is 1.36. The van der Waals surface area contributed by atoms with Crippen molar-refractivity contribution in [3.63, 3.8) is 0 Å². The SMILES string of the molecule is N#Cc1ccc(NC(=O)CSCc2nc(N)nc(Nc3ccccc3)n2)cc1. The lowest BCUT2D eigenvalue weighted by Crippen LogP contribution is -2.14. The third kappa shape index (κ3) is 5.69. The number of nitrogen functional groups attached to an aromatic ring is 1. The molecule has 3 aromatic rings. The predicted octanol–water partition coefficient (Wildman–Crippen LogP) is 2.94. The number of aromatic nitrogens is 3. The van der Waals surface area contributed by atoms with E-state index in [-0.39, 0.29) is 17.6 Å². The van der Waals surface area contributed by atoms with Gasteiger partial charge in [0.05, 0.1) is 23.1 Å². The van der Waals surface area contributed by atoms with Gasteiger partial charge in [0.1, 0.15) is 5.82 Å². The average molecular weight is 391 g/mol. The van der Waals surface area contributed by atoms with Crippen LogP contribution in [0.3, 0.4) is 0 Å². The van der Waals surface area contributed by atoms with Crippen molar-refractivity contribution in [1.82, 2.24) is 15.0 Å². The molecule has 3 rings (SSSR count). The van der Waals surface area contributed by atoms with Crippen molar-refractivity contribution in [3.8, 4) is 6.07 Å². The van der Waals surface area contributed by atoms with Crippen LogP contribution in [-0.4, -0.2) is 26.6 Å². The summed E-state index contributed by atoms with van der Waals surface area (Å²) in [6.07, 6.45) is 0. The van der Waals surface area contributed by atoms with E-state index in [1.165, 1.54) is 11.8 Å². The van der Waals surface area contributed by atoms with Crippen LogP contribution in [0.1, 0.15) is 11.4 Å². The fourth-order valence-corrected chi connectivity index (χ4v) is 2.94. The van der Waals surface area contributed by atoms with Crippen LogP contribution in [-0.2, 0) is 10.5 Å². The van der Waals surface area contributed by atoms with Crippen molar-refractivity contribution in [1.29, 1.82) is 5.26 Å². The molecule has 1 aromatic heterocycles. The van der Waals surface area contributed by atoms with Gasteiger partial charge in [0.25, 0.3) is 0 Å². The summed E-state index contributed by atoms with van der Waals surface area (Å²) in [6, 6.07) is 18.2. The van der Waals surface area contributed by atoms with E-state index >= 15 is 0 Å². The van der Waals surface area contributed by atoms with Crippen molar-refractivity contribution in [2.24, 2.45) is 0 Å². The van der Waals surface area contributed by atoms with E-state index in [1.807, 2.05) is 36.4 Å². The van der Waals surface area contributed by atoms with Gasteiger partial charge in [0.15, 0.2) is 0 Å². The van der Waals surface area contributed by atoms with Crippen molar-refractivity contribution >= 4 is 40.9 Å². The molecule has 28 heavy (non-hydrogen) atoms. The van der Waals surface area contributed by atoms with Crippen LogP contribution in [0.15, 0.2) is 54.6 Å². The number of amides is 1. The topological polar surface area (TPSA) is 130 Å². The fourth-order valence-electron chi connectivity index (χ4n) is 2.27. The lowest BCUT2D eigenvalue weighted by molar-refractivity contribution is -0.113. The molecule has 0 atom stereocenters. The molecule has 0 aliphatic rings. The number of hydrogen-bond acceptors (Lipinski definition) is 8. The highest BCUT2D eigenvalue weighted by Crippen LogP contribution is 2.16. The number of rotatable bonds is 7. The Balaban J connectivity index is 1.52. The van der Waals surface area contributed by atoms with Gasteiger partial charge in [-0.1, -0.05) is 18.2 Å². The Labute approximate surface area is 166 Å². The smallest absolute Gasteiger partial charge is 0.234 e. The van der Waals surface area contributed by atoms with E-state index in [9.17, 15) is 4.79 Å². The van der Waals surface area contributed by atoms with E-state index in [1.54, 1.807) is 24.3 Å². The average Bonchev–Trinajstić information content (AvgIpc) is 2.69. The van der Waals surface area contributed by atoms with Gasteiger partial charge in [0.2, 0.25) is 17.8 Å². The molecule has 0 fully saturated rings. The minimum Gasteiger partial charge on any atom is -0.368 e. The summed E-state index contributed by atoms with van der Waals surface area (Å²) in [5.41, 5.74) is 7.78. The quantitative estimate of drug-likeness (QED) is 0.560. The molecule has 0 saturated carbocycles. The van der Waals surface area contributed by atoms with Crippen LogP contribution >= 0.6 is 11.8 Å². The van der Waals surface area contributed by atoms with E-state index < -0.39 is 0 Å². The minimum atomic E-state index is -0.153. The third-order valence-corrected chi connectivity index (χ3v) is 4.42. The summed E-state index contributed by atoms with van der Waals surface area (Å²) in [6.45, 7) is 0. The Kier molecular flexibility index (Phi) is 6.38. The highest BCUT2D eigenvalue weighted by Gasteiger charge is 2.08. The van der Waals surface area contributed by atoms with Gasteiger partial charge in [-0.05, 0) is 36.4 Å². The molecule has 0 aliphatic carbocycles. The summed E-state index contributed by atoms with van der Waals surface area (Å²) in [5.74, 6) is 1.45. The first-order valence-electron chi connectivity index (χ1n) is 8.32. The molecule has 9 heteroatoms. The monoisotopic (exact) mass is 391 g/mol. The van der Waals surface area contributed by atoms with Gasteiger partial charge < -0.3 is 16.4 Å². The molecule has 1 amide bonds. The second-order valence-corrected chi connectivity index (χ2v) is 6.64. The maximum absolute atomic E-state index is 12.0. The second kappa shape index (κ2) is 9.34. The van der Waals surface area contributed by atoms with Gasteiger partial charge in [-0.2, -0.15) is 20.2 Å². The van der Waals surface area contributed by atoms with Crippen molar-refractivity contribution < 1.29 is 4.79 Å². The molecule has 0 bridgehead atoms. The van der Waals surface area contributed by atoms with Gasteiger partial charge in [-0.15, -0.1) is 11.8 Å². The van der Waals surface area contributed by atoms with Crippen LogP contribution in [0, 0.1) is 11.3 Å². The largest absolute Gasteiger partial charge is 0.368 e. The Hall–Kier alpha value is -3.64. The van der Waals surface area contributed by atoms with Crippen molar-refractivity contribution in [3.05, 3.63) is 66.0 Å². The number of benzene rings is 2. The summed E-state index contributed by atoms with van der Waals surface area (Å²) in [4.78, 5) is 24.6. The zero-order valence-electron chi connectivity index (χ0n) is 14.8. The van der Waals surface area contributed by atoms with E-state index in [2.05, 4.69) is 25.6 Å². The first-order chi connectivity index (χ1) is 13.6. The normalized spacial score (nSPS) is 10.1. The number of nitrogens with two attached hydrogens (primary N) is 1. The third-order valence-electron chi connectivity index (χ3n) is 3.49. The predicted molar refractivity (Wildman–Crippen MR) is 110 cm³/mol. The van der Waals surface area contributed by atoms with Gasteiger partial charge >= 0.3 is 0 Å². The molecule has 8 nitrogen and oxygen atoms in total. The number of hydrogen-bond donors (Lipinski definition) is 3. The first-order valence-corrected chi connectivity index (χ1v) is 9.48. The standard InChI is InChI=1S/C19H17N7OS/c20-10-13-6-8-15(9-7-13)22-17(27)12-28-11-16-24-18(21)26-19(25-16)23-14-4-2-1-3-5-14/h1-9H,11-12H2,(H,22,27)(H3,21,23,24,25,26). The first kappa shape index (κ1) is 19.1. The Morgan fingerprint density at radius 1 is 1.04 bits per heavy atom. The Morgan fingerprint density at radius 3 is 2.50 bits per heavy atom. The van der Waals surface area contributed by atoms with Crippen molar-refractivity contribution in [2.75, 3.05) is 22.1 Å². The van der Waals surface area contributed by atoms with Crippen LogP contribution in [0.2, 0.25) is 0 Å². The van der Waals surface area contributed by atoms with Gasteiger partial charge in [-0.3, -0.25) is 4.79 Å². The number of nitrogens with zero attached hydrogens (tertiary/aromatic N) is 4. The van der Waals surface area contributed by atoms with E-state index in [0.29, 0.717) is 28.8 Å². The number of nitrogens with one attached hydrogen (secondary N) is 2. The molecule has 0 unspecified atom stereocenters. The van der Waals surface area contributed by atoms with E-state index in [4.69, 9.17) is 11.0 Å². The maximum atomic E-state index is 12.0. The Bertz CT molecular complexity index is 987. The molecule has 0 aliphatic heterocycles. The van der Waals surface area contributed by atoms with Crippen LogP contribution < -0.4 is 16.4 Å². The molecule has 140 valence electrons. The molecule has 0 radical (unpaired) electrons. The van der Waals surface area contributed by atoms with Crippen LogP contribution in [0.5, 0.6) is 0 Å². The zero-order valence-corrected chi connectivity index (χ0v) is 15.6. The number of nitriles is 1. The molecule has 1 heterocycles. The lowest BCUT2D eigenvalue weighted by Gasteiger charge is -2.07. The molecule has 0 spiro atoms. The summed E-state index contributed by atoms with van der Waals surface area (Å²) in [7, 11) is 0. The summed E-state index contributed by atoms with van der Waals surface area (Å²) in [5, 5.41) is 14.6. The van der Waals surface area contributed by atoms with Crippen LogP contribution in [0.4, 0.5) is 23.3 Å². The van der Waals surface area contributed by atoms with Crippen LogP contribution in [0.25, 0.3) is 0 Å². The fraction of sp³-hybridized carbons (Fsp3) is 0.105. The number of carbonyl (C=O) groups excluding carboxylic acids is 1. The lowest BCUT2D eigenvalue weighted by atomic mass is 10.2. The number of para-hydroxylation sites is 1. The number of anilines is 4. The van der Waals surface area contributed by atoms with E-state index in [0.717, 1.165) is 5.69 Å². The molecule has 4 N–H and O–H groups in total. The molecule has 0 saturated heterocycles. The Morgan fingerprint density at radius 2 is 1.79 bits per heavy atom.